The quantitative estimate of drug-likeness (QED) is 0.533. The van der Waals surface area contributed by atoms with Crippen molar-refractivity contribution in [2.45, 2.75) is 18.3 Å². The molecule has 3 atom stereocenters. The lowest BCUT2D eigenvalue weighted by atomic mass is 9.94. The highest BCUT2D eigenvalue weighted by Gasteiger charge is 2.27. The van der Waals surface area contributed by atoms with Crippen molar-refractivity contribution < 1.29 is 29.7 Å². The Morgan fingerprint density at radius 3 is 1.00 bits per heavy atom. The largest absolute Gasteiger partial charge is 0.380 e. The Morgan fingerprint density at radius 2 is 0.733 bits per heavy atom. The van der Waals surface area contributed by atoms with Crippen molar-refractivity contribution in [1.29, 1.82) is 0 Å². The van der Waals surface area contributed by atoms with E-state index in [4.69, 9.17) is 0 Å². The molecule has 0 radical (unpaired) electrons. The highest BCUT2D eigenvalue weighted by atomic mass is 16.3. The molecule has 3 N–H and O–H groups in total. The molecule has 6 nitrogen and oxygen atoms in total. The Bertz CT molecular complexity index is 1020. The summed E-state index contributed by atoms with van der Waals surface area (Å²) >= 11 is 0. The van der Waals surface area contributed by atoms with Crippen LogP contribution in [0.4, 0.5) is 0 Å². The summed E-state index contributed by atoms with van der Waals surface area (Å²) in [5.41, 5.74) is 0.947. The van der Waals surface area contributed by atoms with Gasteiger partial charge in [0.15, 0.2) is 17.3 Å². The number of aliphatic hydroxyl groups is 3. The fourth-order valence-electron chi connectivity index (χ4n) is 3.51. The van der Waals surface area contributed by atoms with Crippen molar-refractivity contribution in [2.24, 2.45) is 0 Å². The van der Waals surface area contributed by atoms with Gasteiger partial charge in [0, 0.05) is 16.7 Å². The fraction of sp³-hybridized carbons (Fsp3) is 0.125. The number of carbonyl (C=O) groups excluding carboxylic acids is 3. The number of rotatable bonds is 0. The van der Waals surface area contributed by atoms with Gasteiger partial charge in [0.25, 0.3) is 0 Å². The van der Waals surface area contributed by atoms with E-state index >= 15 is 0 Å². The summed E-state index contributed by atoms with van der Waals surface area (Å²) in [6, 6.07) is 17.6. The Morgan fingerprint density at radius 1 is 0.467 bits per heavy atom. The number of Topliss-reactive ketones (excluding diaryl/α,β-unsaturated/α-hetero) is 3. The number of hydrogen-bond donors (Lipinski definition) is 3. The average Bonchev–Trinajstić information content (AvgIpc) is 2.80. The maximum absolute atomic E-state index is 12.8. The van der Waals surface area contributed by atoms with Gasteiger partial charge >= 0.3 is 0 Å². The lowest BCUT2D eigenvalue weighted by molar-refractivity contribution is 0.0733. The van der Waals surface area contributed by atoms with Gasteiger partial charge in [0.05, 0.1) is 0 Å². The molecular weight excluding hydrogens is 384 g/mol. The molecule has 0 saturated carbocycles. The number of ketones is 3. The second-order valence-corrected chi connectivity index (χ2v) is 7.18. The average molecular weight is 402 g/mol. The minimum Gasteiger partial charge on any atom is -0.380 e. The van der Waals surface area contributed by atoms with E-state index in [1.807, 2.05) is 0 Å². The Kier molecular flexibility index (Phi) is 5.13. The number of fused-ring (bicyclic) bond motifs is 6. The predicted octanol–water partition coefficient (Wildman–Crippen LogP) is 2.75. The van der Waals surface area contributed by atoms with Crippen molar-refractivity contribution in [3.63, 3.8) is 0 Å². The van der Waals surface area contributed by atoms with Gasteiger partial charge in [-0.15, -0.1) is 0 Å². The summed E-state index contributed by atoms with van der Waals surface area (Å²) < 4.78 is 0. The fourth-order valence-corrected chi connectivity index (χ4v) is 3.51. The van der Waals surface area contributed by atoms with Crippen molar-refractivity contribution >= 4 is 17.3 Å². The summed E-state index contributed by atoms with van der Waals surface area (Å²) in [5.74, 6) is -1.92. The molecule has 3 aromatic rings. The molecule has 150 valence electrons. The van der Waals surface area contributed by atoms with E-state index in [1.54, 1.807) is 0 Å². The van der Waals surface area contributed by atoms with E-state index in [0.29, 0.717) is 0 Å². The van der Waals surface area contributed by atoms with Crippen LogP contribution in [0, 0.1) is 0 Å². The van der Waals surface area contributed by atoms with Gasteiger partial charge in [-0.1, -0.05) is 54.6 Å². The molecule has 0 saturated heterocycles. The molecule has 6 heteroatoms. The summed E-state index contributed by atoms with van der Waals surface area (Å²) in [7, 11) is 0. The second kappa shape index (κ2) is 7.76. The zero-order valence-corrected chi connectivity index (χ0v) is 15.7. The van der Waals surface area contributed by atoms with Gasteiger partial charge in [-0.25, -0.2) is 0 Å². The summed E-state index contributed by atoms with van der Waals surface area (Å²) in [5, 5.41) is 31.7. The number of aliphatic hydroxyl groups excluding tert-OH is 3. The van der Waals surface area contributed by atoms with E-state index in [9.17, 15) is 29.7 Å². The third-order valence-corrected chi connectivity index (χ3v) is 5.21. The van der Waals surface area contributed by atoms with E-state index in [1.165, 1.54) is 72.8 Å². The van der Waals surface area contributed by atoms with Crippen LogP contribution in [0.25, 0.3) is 0 Å². The molecule has 0 heterocycles. The monoisotopic (exact) mass is 402 g/mol. The standard InChI is InChI=1S/C24H18O6/c25-19-13-4-1-5-14(10-13)20(26)22(28)16-7-3-9-18(12-16)24(30)23(29)17-8-2-6-15(11-17)21(19)27/h1-12,19,22-23,25,28-29H/t19-,22-,23-/m0/s1. The van der Waals surface area contributed by atoms with Gasteiger partial charge < -0.3 is 15.3 Å². The first-order valence-corrected chi connectivity index (χ1v) is 9.33. The van der Waals surface area contributed by atoms with Gasteiger partial charge in [-0.2, -0.15) is 0 Å². The van der Waals surface area contributed by atoms with E-state index in [-0.39, 0.29) is 33.4 Å². The first-order chi connectivity index (χ1) is 14.4. The highest BCUT2D eigenvalue weighted by Crippen LogP contribution is 2.27. The summed E-state index contributed by atoms with van der Waals surface area (Å²) in [6.45, 7) is 0. The van der Waals surface area contributed by atoms with E-state index in [2.05, 4.69) is 0 Å². The topological polar surface area (TPSA) is 112 Å². The minimum atomic E-state index is -1.55. The SMILES string of the molecule is O=C1c2cccc(c2)[C@H](O)C(=O)c2cccc(c2)[C@H](O)C(=O)c2cccc(c2)[C@@H]1O. The third-order valence-electron chi connectivity index (χ3n) is 5.21. The number of hydrogen-bond acceptors (Lipinski definition) is 6. The van der Waals surface area contributed by atoms with Crippen LogP contribution in [0.15, 0.2) is 72.8 Å². The number of benzene rings is 3. The molecule has 30 heavy (non-hydrogen) atoms. The van der Waals surface area contributed by atoms with E-state index < -0.39 is 35.7 Å². The predicted molar refractivity (Wildman–Crippen MR) is 107 cm³/mol. The highest BCUT2D eigenvalue weighted by molar-refractivity contribution is 6.04. The normalized spacial score (nSPS) is 21.7. The van der Waals surface area contributed by atoms with Crippen molar-refractivity contribution in [2.75, 3.05) is 0 Å². The molecule has 0 amide bonds. The Balaban J connectivity index is 1.92. The van der Waals surface area contributed by atoms with Crippen LogP contribution in [0.5, 0.6) is 0 Å². The van der Waals surface area contributed by atoms with Gasteiger partial charge in [0.2, 0.25) is 0 Å². The summed E-state index contributed by atoms with van der Waals surface area (Å²) in [4.78, 5) is 38.4. The summed E-state index contributed by atoms with van der Waals surface area (Å²) in [6.07, 6.45) is -4.66. The van der Waals surface area contributed by atoms with Crippen LogP contribution in [-0.2, 0) is 0 Å². The molecule has 1 aliphatic carbocycles. The molecular formula is C24H18O6. The van der Waals surface area contributed by atoms with Crippen molar-refractivity contribution in [1.82, 2.24) is 0 Å². The third kappa shape index (κ3) is 3.48. The first-order valence-electron chi connectivity index (χ1n) is 9.33. The van der Waals surface area contributed by atoms with Crippen LogP contribution in [0.2, 0.25) is 0 Å². The van der Waals surface area contributed by atoms with Crippen LogP contribution in [0.1, 0.15) is 66.1 Å². The maximum Gasteiger partial charge on any atom is 0.195 e. The molecule has 3 aromatic carbocycles. The van der Waals surface area contributed by atoms with Crippen LogP contribution in [0.3, 0.4) is 0 Å². The molecule has 1 aliphatic rings. The Hall–Kier alpha value is -3.45. The van der Waals surface area contributed by atoms with Crippen molar-refractivity contribution in [3.8, 4) is 0 Å². The van der Waals surface area contributed by atoms with Crippen molar-refractivity contribution in [3.05, 3.63) is 106 Å². The molecule has 0 aromatic heterocycles. The zero-order chi connectivity index (χ0) is 21.4. The van der Waals surface area contributed by atoms with Crippen LogP contribution in [-0.4, -0.2) is 32.7 Å². The molecule has 4 rings (SSSR count). The lowest BCUT2D eigenvalue weighted by Crippen LogP contribution is -2.15. The maximum atomic E-state index is 12.8. The van der Waals surface area contributed by atoms with Gasteiger partial charge in [-0.05, 0) is 34.9 Å². The lowest BCUT2D eigenvalue weighted by Gasteiger charge is -2.14. The van der Waals surface area contributed by atoms with E-state index in [0.717, 1.165) is 0 Å². The first kappa shape index (κ1) is 19.8. The smallest absolute Gasteiger partial charge is 0.195 e. The molecule has 0 aliphatic heterocycles. The van der Waals surface area contributed by atoms with Gasteiger partial charge in [0.1, 0.15) is 18.3 Å². The molecule has 0 unspecified atom stereocenters. The minimum absolute atomic E-state index is 0.118. The van der Waals surface area contributed by atoms with Crippen LogP contribution < -0.4 is 0 Å². The molecule has 6 bridgehead atoms. The van der Waals surface area contributed by atoms with Gasteiger partial charge in [-0.3, -0.25) is 14.4 Å². The van der Waals surface area contributed by atoms with Crippen LogP contribution >= 0.6 is 0 Å². The molecule has 0 spiro atoms. The number of carbonyl (C=O) groups is 3. The Labute approximate surface area is 172 Å². The second-order valence-electron chi connectivity index (χ2n) is 7.18. The zero-order valence-electron chi connectivity index (χ0n) is 15.7. The molecule has 0 fully saturated rings.